The Balaban J connectivity index is 1.62. The van der Waals surface area contributed by atoms with E-state index >= 15 is 0 Å². The van der Waals surface area contributed by atoms with Crippen molar-refractivity contribution >= 4 is 0 Å². The maximum absolute atomic E-state index is 2.70. The van der Waals surface area contributed by atoms with Crippen LogP contribution in [0.1, 0.15) is 17.2 Å². The molecule has 0 radical (unpaired) electrons. The zero-order valence-electron chi connectivity index (χ0n) is 13.2. The molecule has 2 saturated heterocycles. The second kappa shape index (κ2) is 5.86. The molecule has 0 saturated carbocycles. The van der Waals surface area contributed by atoms with Crippen molar-refractivity contribution in [3.8, 4) is 0 Å². The van der Waals surface area contributed by atoms with Crippen molar-refractivity contribution in [2.75, 3.05) is 26.7 Å². The predicted octanol–water partition coefficient (Wildman–Crippen LogP) is 3.42. The normalized spacial score (nSPS) is 28.9. The molecule has 22 heavy (non-hydrogen) atoms. The number of fused-ring (bicyclic) bond motifs is 1. The zero-order valence-corrected chi connectivity index (χ0v) is 13.2. The van der Waals surface area contributed by atoms with E-state index in [1.54, 1.807) is 0 Å². The number of hydrogen-bond acceptors (Lipinski definition) is 2. The van der Waals surface area contributed by atoms with Gasteiger partial charge in [0.2, 0.25) is 0 Å². The highest BCUT2D eigenvalue weighted by atomic mass is 15.2. The first-order chi connectivity index (χ1) is 10.8. The number of benzene rings is 2. The van der Waals surface area contributed by atoms with Crippen LogP contribution in [-0.4, -0.2) is 36.5 Å². The van der Waals surface area contributed by atoms with Crippen molar-refractivity contribution in [2.45, 2.75) is 12.6 Å². The smallest absolute Gasteiger partial charge is 0.0395 e. The number of rotatable bonds is 3. The lowest BCUT2D eigenvalue weighted by Crippen LogP contribution is -2.29. The molecule has 0 aromatic heterocycles. The summed E-state index contributed by atoms with van der Waals surface area (Å²) >= 11 is 0. The Morgan fingerprint density at radius 2 is 1.55 bits per heavy atom. The topological polar surface area (TPSA) is 6.48 Å². The molecule has 2 aliphatic rings. The highest BCUT2D eigenvalue weighted by Gasteiger charge is 2.46. The van der Waals surface area contributed by atoms with Gasteiger partial charge in [0.15, 0.2) is 0 Å². The molecule has 0 aliphatic carbocycles. The summed E-state index contributed by atoms with van der Waals surface area (Å²) in [7, 11) is 2.27. The molecule has 2 aromatic carbocycles. The summed E-state index contributed by atoms with van der Waals surface area (Å²) in [5, 5.41) is 0. The lowest BCUT2D eigenvalue weighted by atomic mass is 9.89. The molecule has 114 valence electrons. The van der Waals surface area contributed by atoms with E-state index in [1.165, 1.54) is 30.8 Å². The summed E-state index contributed by atoms with van der Waals surface area (Å²) in [6, 6.07) is 22.6. The Hall–Kier alpha value is -1.64. The summed E-state index contributed by atoms with van der Waals surface area (Å²) < 4.78 is 0. The quantitative estimate of drug-likeness (QED) is 0.855. The zero-order chi connectivity index (χ0) is 14.9. The van der Waals surface area contributed by atoms with Crippen molar-refractivity contribution in [3.63, 3.8) is 0 Å². The van der Waals surface area contributed by atoms with Gasteiger partial charge in [-0.2, -0.15) is 0 Å². The lowest BCUT2D eigenvalue weighted by Gasteiger charge is -2.29. The average Bonchev–Trinajstić information content (AvgIpc) is 3.04. The predicted molar refractivity (Wildman–Crippen MR) is 90.5 cm³/mol. The minimum atomic E-state index is 0.566. The van der Waals surface area contributed by atoms with Gasteiger partial charge in [-0.15, -0.1) is 0 Å². The van der Waals surface area contributed by atoms with Crippen molar-refractivity contribution in [1.29, 1.82) is 0 Å². The van der Waals surface area contributed by atoms with Crippen LogP contribution in [0.15, 0.2) is 60.7 Å². The van der Waals surface area contributed by atoms with Gasteiger partial charge in [-0.25, -0.2) is 0 Å². The fourth-order valence-corrected chi connectivity index (χ4v) is 4.44. The van der Waals surface area contributed by atoms with Crippen LogP contribution in [-0.2, 0) is 6.54 Å². The van der Waals surface area contributed by atoms with E-state index < -0.39 is 0 Å². The van der Waals surface area contributed by atoms with Crippen LogP contribution in [0.2, 0.25) is 0 Å². The lowest BCUT2D eigenvalue weighted by molar-refractivity contribution is 0.199. The van der Waals surface area contributed by atoms with E-state index in [1.807, 2.05) is 0 Å². The van der Waals surface area contributed by atoms with Gasteiger partial charge in [-0.05, 0) is 30.0 Å². The second-order valence-electron chi connectivity index (χ2n) is 6.92. The van der Waals surface area contributed by atoms with E-state index in [-0.39, 0.29) is 0 Å². The third-order valence-electron chi connectivity index (χ3n) is 5.31. The Bertz CT molecular complexity index is 610. The number of likely N-dealkylation sites (tertiary alicyclic amines) is 2. The van der Waals surface area contributed by atoms with Gasteiger partial charge in [-0.3, -0.25) is 4.90 Å². The summed E-state index contributed by atoms with van der Waals surface area (Å²) in [6.45, 7) is 4.77. The van der Waals surface area contributed by atoms with Gasteiger partial charge in [0, 0.05) is 32.2 Å². The highest BCUT2D eigenvalue weighted by molar-refractivity contribution is 5.24. The molecule has 2 aromatic rings. The van der Waals surface area contributed by atoms with Gasteiger partial charge in [0.25, 0.3) is 0 Å². The van der Waals surface area contributed by atoms with Crippen LogP contribution >= 0.6 is 0 Å². The molecule has 0 N–H and O–H groups in total. The maximum atomic E-state index is 2.70. The average molecular weight is 292 g/mol. The Labute approximate surface area is 133 Å². The number of nitrogens with zero attached hydrogens (tertiary/aromatic N) is 2. The van der Waals surface area contributed by atoms with Crippen LogP contribution in [0.4, 0.5) is 0 Å². The maximum Gasteiger partial charge on any atom is 0.0395 e. The van der Waals surface area contributed by atoms with Crippen LogP contribution in [0.5, 0.6) is 0 Å². The molecular formula is C20H24N2. The molecule has 0 spiro atoms. The van der Waals surface area contributed by atoms with E-state index in [2.05, 4.69) is 77.5 Å². The Morgan fingerprint density at radius 3 is 2.27 bits per heavy atom. The van der Waals surface area contributed by atoms with E-state index in [0.717, 1.165) is 18.4 Å². The molecule has 4 rings (SSSR count). The molecule has 2 heterocycles. The third kappa shape index (κ3) is 2.57. The largest absolute Gasteiger partial charge is 0.306 e. The third-order valence-corrected chi connectivity index (χ3v) is 5.31. The van der Waals surface area contributed by atoms with Crippen LogP contribution < -0.4 is 0 Å². The van der Waals surface area contributed by atoms with Gasteiger partial charge in [0.1, 0.15) is 0 Å². The first-order valence-electron chi connectivity index (χ1n) is 8.33. The standard InChI is InChI=1S/C20H24N2/c1-21-13-18-14-22(12-16-8-4-2-5-9-16)20(19(18)15-21)17-10-6-3-7-11-17/h2-11,18-20H,12-15H2,1H3/t18-,19-,20-/m1/s1. The highest BCUT2D eigenvalue weighted by Crippen LogP contribution is 2.45. The molecule has 2 heteroatoms. The Kier molecular flexibility index (Phi) is 3.73. The monoisotopic (exact) mass is 292 g/mol. The SMILES string of the molecule is CN1C[C@@H]2CN(Cc3ccccc3)[C@H](c3ccccc3)[C@@H]2C1. The molecule has 0 amide bonds. The summed E-state index contributed by atoms with van der Waals surface area (Å²) in [6.07, 6.45) is 0. The molecule has 3 atom stereocenters. The summed E-state index contributed by atoms with van der Waals surface area (Å²) in [4.78, 5) is 5.21. The first-order valence-corrected chi connectivity index (χ1v) is 8.33. The fourth-order valence-electron chi connectivity index (χ4n) is 4.44. The number of hydrogen-bond donors (Lipinski definition) is 0. The van der Waals surface area contributed by atoms with Crippen LogP contribution in [0.3, 0.4) is 0 Å². The molecule has 0 unspecified atom stereocenters. The van der Waals surface area contributed by atoms with Gasteiger partial charge in [0.05, 0.1) is 0 Å². The van der Waals surface area contributed by atoms with E-state index in [0.29, 0.717) is 6.04 Å². The van der Waals surface area contributed by atoms with Crippen molar-refractivity contribution in [2.24, 2.45) is 11.8 Å². The minimum absolute atomic E-state index is 0.566. The second-order valence-corrected chi connectivity index (χ2v) is 6.92. The van der Waals surface area contributed by atoms with Crippen LogP contribution in [0.25, 0.3) is 0 Å². The summed E-state index contributed by atoms with van der Waals surface area (Å²) in [5.41, 5.74) is 2.91. The first kappa shape index (κ1) is 14.0. The molecule has 2 nitrogen and oxygen atoms in total. The van der Waals surface area contributed by atoms with Crippen molar-refractivity contribution in [1.82, 2.24) is 9.80 Å². The Morgan fingerprint density at radius 1 is 0.864 bits per heavy atom. The van der Waals surface area contributed by atoms with E-state index in [9.17, 15) is 0 Å². The van der Waals surface area contributed by atoms with E-state index in [4.69, 9.17) is 0 Å². The van der Waals surface area contributed by atoms with Crippen molar-refractivity contribution < 1.29 is 0 Å². The fraction of sp³-hybridized carbons (Fsp3) is 0.400. The van der Waals surface area contributed by atoms with Gasteiger partial charge >= 0.3 is 0 Å². The van der Waals surface area contributed by atoms with Gasteiger partial charge in [-0.1, -0.05) is 60.7 Å². The van der Waals surface area contributed by atoms with Crippen molar-refractivity contribution in [3.05, 3.63) is 71.8 Å². The molecule has 2 fully saturated rings. The summed E-state index contributed by atoms with van der Waals surface area (Å²) in [5.74, 6) is 1.59. The van der Waals surface area contributed by atoms with Gasteiger partial charge < -0.3 is 4.90 Å². The van der Waals surface area contributed by atoms with Crippen LogP contribution in [0, 0.1) is 11.8 Å². The minimum Gasteiger partial charge on any atom is -0.306 e. The molecular weight excluding hydrogens is 268 g/mol. The molecule has 0 bridgehead atoms. The molecule has 2 aliphatic heterocycles.